The highest BCUT2D eigenvalue weighted by Crippen LogP contribution is 2.33. The van der Waals surface area contributed by atoms with E-state index in [1.807, 2.05) is 0 Å². The summed E-state index contributed by atoms with van der Waals surface area (Å²) in [6.07, 6.45) is 16.7. The molecule has 2 aliphatic rings. The smallest absolute Gasteiger partial charge is 0.0196 e. The van der Waals surface area contributed by atoms with Gasteiger partial charge in [-0.2, -0.15) is 0 Å². The summed E-state index contributed by atoms with van der Waals surface area (Å²) >= 11 is 0. The second-order valence-corrected chi connectivity index (χ2v) is 4.62. The summed E-state index contributed by atoms with van der Waals surface area (Å²) < 4.78 is 0. The lowest BCUT2D eigenvalue weighted by Crippen LogP contribution is -2.02. The average molecular weight is 214 g/mol. The second-order valence-electron chi connectivity index (χ2n) is 4.62. The van der Waals surface area contributed by atoms with Crippen molar-refractivity contribution in [2.45, 2.75) is 52.4 Å². The van der Waals surface area contributed by atoms with Gasteiger partial charge in [-0.3, -0.25) is 0 Å². The molecule has 0 saturated carbocycles. The lowest BCUT2D eigenvalue weighted by Gasteiger charge is -2.21. The number of hydrogen-bond donors (Lipinski definition) is 0. The van der Waals surface area contributed by atoms with Crippen LogP contribution in [-0.2, 0) is 0 Å². The van der Waals surface area contributed by atoms with Gasteiger partial charge in [0.1, 0.15) is 0 Å². The molecule has 0 aliphatic heterocycles. The van der Waals surface area contributed by atoms with Crippen LogP contribution in [0.4, 0.5) is 0 Å². The first-order valence-electron chi connectivity index (χ1n) is 6.64. The normalized spacial score (nSPS) is 20.9. The summed E-state index contributed by atoms with van der Waals surface area (Å²) in [6.45, 7) is 4.57. The molecule has 0 nitrogen and oxygen atoms in total. The van der Waals surface area contributed by atoms with Crippen LogP contribution in [0.25, 0.3) is 0 Å². The van der Waals surface area contributed by atoms with E-state index in [0.717, 1.165) is 0 Å². The van der Waals surface area contributed by atoms with Gasteiger partial charge < -0.3 is 0 Å². The zero-order valence-electron chi connectivity index (χ0n) is 10.6. The van der Waals surface area contributed by atoms with Crippen molar-refractivity contribution >= 4 is 0 Å². The Morgan fingerprint density at radius 1 is 0.812 bits per heavy atom. The Morgan fingerprint density at radius 3 is 1.62 bits per heavy atom. The molecule has 0 radical (unpaired) electrons. The molecule has 0 aromatic rings. The Balaban J connectivity index is 2.42. The van der Waals surface area contributed by atoms with E-state index in [0.29, 0.717) is 0 Å². The molecule has 86 valence electrons. The van der Waals surface area contributed by atoms with Gasteiger partial charge in [-0.15, -0.1) is 0 Å². The maximum absolute atomic E-state index is 2.35. The van der Waals surface area contributed by atoms with E-state index >= 15 is 0 Å². The molecule has 0 aromatic carbocycles. The molecule has 0 N–H and O–H groups in total. The summed E-state index contributed by atoms with van der Waals surface area (Å²) in [5.41, 5.74) is 6.35. The lowest BCUT2D eigenvalue weighted by atomic mass is 9.84. The topological polar surface area (TPSA) is 0 Å². The zero-order valence-corrected chi connectivity index (χ0v) is 10.6. The largest absolute Gasteiger partial charge is 0.0836 e. The van der Waals surface area contributed by atoms with Gasteiger partial charge in [-0.25, -0.2) is 0 Å². The first-order valence-corrected chi connectivity index (χ1v) is 6.64. The third kappa shape index (κ3) is 2.21. The van der Waals surface area contributed by atoms with Crippen molar-refractivity contribution in [1.29, 1.82) is 0 Å². The van der Waals surface area contributed by atoms with Crippen LogP contribution in [0.1, 0.15) is 52.4 Å². The number of hydrogen-bond acceptors (Lipinski definition) is 0. The van der Waals surface area contributed by atoms with Crippen LogP contribution in [0.3, 0.4) is 0 Å². The molecule has 2 aliphatic carbocycles. The van der Waals surface area contributed by atoms with Crippen LogP contribution in [0.5, 0.6) is 0 Å². The minimum atomic E-state index is 1.20. The van der Waals surface area contributed by atoms with Gasteiger partial charge in [0.25, 0.3) is 0 Å². The zero-order chi connectivity index (χ0) is 11.4. The van der Waals surface area contributed by atoms with Crippen LogP contribution >= 0.6 is 0 Å². The monoisotopic (exact) mass is 214 g/mol. The predicted octanol–water partition coefficient (Wildman–Crippen LogP) is 5.10. The van der Waals surface area contributed by atoms with E-state index in [1.165, 1.54) is 49.7 Å². The minimum Gasteiger partial charge on any atom is -0.0836 e. The Bertz CT molecular complexity index is 337. The highest BCUT2D eigenvalue weighted by Gasteiger charge is 2.14. The first-order chi connectivity index (χ1) is 7.86. The fourth-order valence-electron chi connectivity index (χ4n) is 2.72. The lowest BCUT2D eigenvalue weighted by molar-refractivity contribution is 0.853. The molecule has 0 heteroatoms. The molecule has 0 unspecified atom stereocenters. The molecule has 0 amide bonds. The van der Waals surface area contributed by atoms with Crippen LogP contribution in [0.15, 0.2) is 46.6 Å². The Labute approximate surface area is 99.4 Å². The maximum Gasteiger partial charge on any atom is -0.0196 e. The Hall–Kier alpha value is -1.04. The van der Waals surface area contributed by atoms with Crippen LogP contribution in [0.2, 0.25) is 0 Å². The fraction of sp³-hybridized carbons (Fsp3) is 0.500. The summed E-state index contributed by atoms with van der Waals surface area (Å²) in [7, 11) is 0. The van der Waals surface area contributed by atoms with Gasteiger partial charge in [-0.1, -0.05) is 49.3 Å². The number of rotatable bonds is 3. The second kappa shape index (κ2) is 5.34. The van der Waals surface area contributed by atoms with E-state index in [4.69, 9.17) is 0 Å². The van der Waals surface area contributed by atoms with Crippen LogP contribution < -0.4 is 0 Å². The minimum absolute atomic E-state index is 1.20. The third-order valence-corrected chi connectivity index (χ3v) is 3.70. The van der Waals surface area contributed by atoms with Gasteiger partial charge in [0.05, 0.1) is 0 Å². The first kappa shape index (κ1) is 11.4. The summed E-state index contributed by atoms with van der Waals surface area (Å²) in [6, 6.07) is 0. The van der Waals surface area contributed by atoms with E-state index < -0.39 is 0 Å². The molecular weight excluding hydrogens is 192 g/mol. The van der Waals surface area contributed by atoms with E-state index in [-0.39, 0.29) is 0 Å². The summed E-state index contributed by atoms with van der Waals surface area (Å²) in [5.74, 6) is 0. The SMILES string of the molecule is CCC1=C(C2=C(CC)CCC=C2)C=CCC1. The van der Waals surface area contributed by atoms with E-state index in [9.17, 15) is 0 Å². The van der Waals surface area contributed by atoms with Crippen molar-refractivity contribution in [3.05, 3.63) is 46.6 Å². The highest BCUT2D eigenvalue weighted by molar-refractivity contribution is 5.54. The molecular formula is C16H22. The predicted molar refractivity (Wildman–Crippen MR) is 71.4 cm³/mol. The highest BCUT2D eigenvalue weighted by atomic mass is 14.2. The van der Waals surface area contributed by atoms with E-state index in [1.54, 1.807) is 11.1 Å². The third-order valence-electron chi connectivity index (χ3n) is 3.70. The molecule has 16 heavy (non-hydrogen) atoms. The summed E-state index contributed by atoms with van der Waals surface area (Å²) in [5, 5.41) is 0. The van der Waals surface area contributed by atoms with Crippen molar-refractivity contribution in [3.63, 3.8) is 0 Å². The van der Waals surface area contributed by atoms with Gasteiger partial charge in [-0.05, 0) is 49.7 Å². The van der Waals surface area contributed by atoms with Gasteiger partial charge in [0, 0.05) is 0 Å². The fourth-order valence-corrected chi connectivity index (χ4v) is 2.72. The molecule has 0 saturated heterocycles. The Kier molecular flexibility index (Phi) is 3.82. The van der Waals surface area contributed by atoms with Gasteiger partial charge in [0.2, 0.25) is 0 Å². The van der Waals surface area contributed by atoms with Crippen molar-refractivity contribution < 1.29 is 0 Å². The molecule has 2 rings (SSSR count). The Morgan fingerprint density at radius 2 is 1.25 bits per heavy atom. The molecule has 0 atom stereocenters. The van der Waals surface area contributed by atoms with Crippen molar-refractivity contribution in [2.75, 3.05) is 0 Å². The van der Waals surface area contributed by atoms with Gasteiger partial charge >= 0.3 is 0 Å². The molecule has 0 fully saturated rings. The van der Waals surface area contributed by atoms with Gasteiger partial charge in [0.15, 0.2) is 0 Å². The maximum atomic E-state index is 2.35. The molecule has 0 aromatic heterocycles. The average Bonchev–Trinajstić information content (AvgIpc) is 2.38. The van der Waals surface area contributed by atoms with Crippen LogP contribution in [0, 0.1) is 0 Å². The molecule has 0 heterocycles. The quantitative estimate of drug-likeness (QED) is 0.613. The van der Waals surface area contributed by atoms with Crippen molar-refractivity contribution in [1.82, 2.24) is 0 Å². The van der Waals surface area contributed by atoms with Crippen molar-refractivity contribution in [2.24, 2.45) is 0 Å². The van der Waals surface area contributed by atoms with Crippen molar-refractivity contribution in [3.8, 4) is 0 Å². The van der Waals surface area contributed by atoms with Crippen LogP contribution in [-0.4, -0.2) is 0 Å². The molecule has 0 bridgehead atoms. The van der Waals surface area contributed by atoms with E-state index in [2.05, 4.69) is 38.2 Å². The standard InChI is InChI=1S/C16H22/c1-3-13-9-5-7-11-15(13)16-12-8-6-10-14(16)4-2/h7-8,11-12H,3-6,9-10H2,1-2H3. The molecule has 0 spiro atoms. The summed E-state index contributed by atoms with van der Waals surface area (Å²) in [4.78, 5) is 0. The number of allylic oxidation sites excluding steroid dienone is 8.